The van der Waals surface area contributed by atoms with Crippen LogP contribution in [0.2, 0.25) is 0 Å². The highest BCUT2D eigenvalue weighted by Gasteiger charge is 2.46. The lowest BCUT2D eigenvalue weighted by Crippen LogP contribution is -2.55. The van der Waals surface area contributed by atoms with Gasteiger partial charge in [-0.15, -0.1) is 0 Å². The summed E-state index contributed by atoms with van der Waals surface area (Å²) in [7, 11) is 0. The van der Waals surface area contributed by atoms with Gasteiger partial charge in [-0.2, -0.15) is 0 Å². The summed E-state index contributed by atoms with van der Waals surface area (Å²) in [5.74, 6) is -1.19. The monoisotopic (exact) mass is 432 g/mol. The summed E-state index contributed by atoms with van der Waals surface area (Å²) in [5, 5.41) is 70.0. The number of hydrogen-bond donors (Lipinski definition) is 7. The largest absolute Gasteiger partial charge is 0.508 e. The maximum atomic E-state index is 12.7. The maximum Gasteiger partial charge on any atom is 0.197 e. The Morgan fingerprint density at radius 1 is 0.903 bits per heavy atom. The number of rotatable bonds is 3. The topological polar surface area (TPSA) is 181 Å². The minimum Gasteiger partial charge on any atom is -0.508 e. The van der Waals surface area contributed by atoms with E-state index in [9.17, 15) is 40.5 Å². The van der Waals surface area contributed by atoms with Crippen LogP contribution in [0.15, 0.2) is 45.6 Å². The van der Waals surface area contributed by atoms with Crippen LogP contribution in [-0.2, 0) is 4.74 Å². The van der Waals surface area contributed by atoms with Gasteiger partial charge in [-0.25, -0.2) is 0 Å². The van der Waals surface area contributed by atoms with Gasteiger partial charge in [-0.05, 0) is 24.3 Å². The third kappa shape index (κ3) is 3.50. The molecule has 3 aromatic rings. The first-order chi connectivity index (χ1) is 14.7. The summed E-state index contributed by atoms with van der Waals surface area (Å²) >= 11 is 0. The SMILES string of the molecule is O=c1cc(-c2ccc(O)cc2)oc2cc(O)c([C@H]3O[C@@H](CO)[C@H](O)[C@@H](O)[C@@H]3O)c(O)c12. The summed E-state index contributed by atoms with van der Waals surface area (Å²) in [5.41, 5.74) is -0.741. The number of aliphatic hydroxyl groups excluding tert-OH is 4. The first-order valence-electron chi connectivity index (χ1n) is 9.35. The lowest BCUT2D eigenvalue weighted by atomic mass is 9.89. The Balaban J connectivity index is 1.85. The Bertz CT molecular complexity index is 1170. The molecule has 5 atom stereocenters. The van der Waals surface area contributed by atoms with Crippen LogP contribution >= 0.6 is 0 Å². The average molecular weight is 432 g/mol. The van der Waals surface area contributed by atoms with Crippen LogP contribution in [0.1, 0.15) is 11.7 Å². The minimum atomic E-state index is -1.77. The molecule has 10 nitrogen and oxygen atoms in total. The number of hydrogen-bond acceptors (Lipinski definition) is 10. The normalized spacial score (nSPS) is 26.3. The lowest BCUT2D eigenvalue weighted by Gasteiger charge is -2.40. The van der Waals surface area contributed by atoms with Crippen LogP contribution in [0, 0.1) is 0 Å². The van der Waals surface area contributed by atoms with E-state index in [1.54, 1.807) is 0 Å². The van der Waals surface area contributed by atoms with Gasteiger partial charge in [0.25, 0.3) is 0 Å². The Morgan fingerprint density at radius 3 is 2.23 bits per heavy atom. The van der Waals surface area contributed by atoms with Crippen LogP contribution in [0.5, 0.6) is 17.2 Å². The van der Waals surface area contributed by atoms with Crippen molar-refractivity contribution in [1.29, 1.82) is 0 Å². The molecular formula is C21H20O10. The summed E-state index contributed by atoms with van der Waals surface area (Å²) in [6.45, 7) is -0.700. The number of phenols is 3. The fourth-order valence-electron chi connectivity index (χ4n) is 3.69. The fraction of sp³-hybridized carbons (Fsp3) is 0.286. The van der Waals surface area contributed by atoms with Crippen molar-refractivity contribution in [2.75, 3.05) is 6.61 Å². The number of benzene rings is 2. The zero-order valence-electron chi connectivity index (χ0n) is 15.9. The molecule has 0 unspecified atom stereocenters. The van der Waals surface area contributed by atoms with Crippen molar-refractivity contribution in [1.82, 2.24) is 0 Å². The number of ether oxygens (including phenoxy) is 1. The van der Waals surface area contributed by atoms with Crippen molar-refractivity contribution in [3.05, 3.63) is 52.2 Å². The van der Waals surface area contributed by atoms with Crippen molar-refractivity contribution >= 4 is 11.0 Å². The third-order valence-electron chi connectivity index (χ3n) is 5.34. The van der Waals surface area contributed by atoms with E-state index in [2.05, 4.69) is 0 Å². The van der Waals surface area contributed by atoms with Gasteiger partial charge in [0.1, 0.15) is 64.5 Å². The molecule has 0 bridgehead atoms. The second kappa shape index (κ2) is 7.84. The Labute approximate surface area is 174 Å². The minimum absolute atomic E-state index is 0.0198. The molecule has 7 N–H and O–H groups in total. The van der Waals surface area contributed by atoms with Crippen molar-refractivity contribution in [3.8, 4) is 28.6 Å². The van der Waals surface area contributed by atoms with Gasteiger partial charge in [-0.3, -0.25) is 4.79 Å². The Morgan fingerprint density at radius 2 is 1.58 bits per heavy atom. The highest BCUT2D eigenvalue weighted by atomic mass is 16.5. The van der Waals surface area contributed by atoms with E-state index in [0.717, 1.165) is 12.1 Å². The van der Waals surface area contributed by atoms with Gasteiger partial charge in [0, 0.05) is 17.7 Å². The number of aromatic hydroxyl groups is 3. The van der Waals surface area contributed by atoms with E-state index in [0.29, 0.717) is 5.56 Å². The summed E-state index contributed by atoms with van der Waals surface area (Å²) in [6, 6.07) is 8.00. The predicted molar refractivity (Wildman–Crippen MR) is 106 cm³/mol. The third-order valence-corrected chi connectivity index (χ3v) is 5.34. The van der Waals surface area contributed by atoms with Crippen LogP contribution in [0.3, 0.4) is 0 Å². The van der Waals surface area contributed by atoms with E-state index in [-0.39, 0.29) is 22.5 Å². The van der Waals surface area contributed by atoms with E-state index in [1.807, 2.05) is 0 Å². The van der Waals surface area contributed by atoms with E-state index in [4.69, 9.17) is 9.15 Å². The van der Waals surface area contributed by atoms with Crippen LogP contribution in [0.4, 0.5) is 0 Å². The molecule has 10 heteroatoms. The van der Waals surface area contributed by atoms with Gasteiger partial charge in [-0.1, -0.05) is 0 Å². The summed E-state index contributed by atoms with van der Waals surface area (Å²) in [6.07, 6.45) is -7.95. The zero-order chi connectivity index (χ0) is 22.4. The molecule has 0 amide bonds. The summed E-state index contributed by atoms with van der Waals surface area (Å²) < 4.78 is 11.0. The van der Waals surface area contributed by atoms with E-state index < -0.39 is 59.6 Å². The maximum absolute atomic E-state index is 12.7. The molecule has 1 fully saturated rings. The molecule has 0 saturated carbocycles. The molecule has 164 valence electrons. The quantitative estimate of drug-likeness (QED) is 0.300. The lowest BCUT2D eigenvalue weighted by molar-refractivity contribution is -0.232. The second-order valence-electron chi connectivity index (χ2n) is 7.30. The van der Waals surface area contributed by atoms with Crippen LogP contribution < -0.4 is 5.43 Å². The van der Waals surface area contributed by atoms with Crippen molar-refractivity contribution < 1.29 is 44.9 Å². The molecule has 0 radical (unpaired) electrons. The van der Waals surface area contributed by atoms with E-state index >= 15 is 0 Å². The van der Waals surface area contributed by atoms with Crippen molar-refractivity contribution in [2.45, 2.75) is 30.5 Å². The molecule has 1 aliphatic heterocycles. The number of phenolic OH excluding ortho intramolecular Hbond substituents is 3. The molecule has 1 saturated heterocycles. The molecule has 0 spiro atoms. The highest BCUT2D eigenvalue weighted by Crippen LogP contribution is 2.44. The molecule has 1 aromatic heterocycles. The molecule has 1 aliphatic rings. The molecule has 31 heavy (non-hydrogen) atoms. The summed E-state index contributed by atoms with van der Waals surface area (Å²) in [4.78, 5) is 12.7. The smallest absolute Gasteiger partial charge is 0.197 e. The molecule has 0 aliphatic carbocycles. The molecule has 2 aromatic carbocycles. The first-order valence-corrected chi connectivity index (χ1v) is 9.35. The zero-order valence-corrected chi connectivity index (χ0v) is 15.9. The van der Waals surface area contributed by atoms with Gasteiger partial charge in [0.2, 0.25) is 0 Å². The Kier molecular flexibility index (Phi) is 5.33. The highest BCUT2D eigenvalue weighted by molar-refractivity contribution is 5.88. The molecule has 2 heterocycles. The van der Waals surface area contributed by atoms with Gasteiger partial charge >= 0.3 is 0 Å². The van der Waals surface area contributed by atoms with E-state index in [1.165, 1.54) is 24.3 Å². The van der Waals surface area contributed by atoms with Gasteiger partial charge < -0.3 is 44.9 Å². The Hall–Kier alpha value is -3.15. The number of fused-ring (bicyclic) bond motifs is 1. The van der Waals surface area contributed by atoms with Gasteiger partial charge in [0.15, 0.2) is 5.43 Å². The first kappa shape index (κ1) is 21.1. The molecule has 4 rings (SSSR count). The predicted octanol–water partition coefficient (Wildman–Crippen LogP) is 0.0917. The standard InChI is InChI=1S/C21H20O10/c22-7-14-17(26)19(28)20(29)21(31-14)16-11(25)6-13-15(18(16)27)10(24)5-12(30-13)8-1-3-9(23)4-2-8/h1-6,14,17,19-23,25-29H,7H2/t14-,17-,19+,20-,21+/m0/s1. The number of aliphatic hydroxyl groups is 4. The van der Waals surface area contributed by atoms with Gasteiger partial charge in [0.05, 0.1) is 12.2 Å². The molecular weight excluding hydrogens is 412 g/mol. The van der Waals surface area contributed by atoms with Crippen molar-refractivity contribution in [2.24, 2.45) is 0 Å². The van der Waals surface area contributed by atoms with Crippen LogP contribution in [-0.4, -0.2) is 66.8 Å². The fourth-order valence-corrected chi connectivity index (χ4v) is 3.69. The van der Waals surface area contributed by atoms with Crippen LogP contribution in [0.25, 0.3) is 22.3 Å². The average Bonchev–Trinajstić information content (AvgIpc) is 2.73. The second-order valence-corrected chi connectivity index (χ2v) is 7.30. The van der Waals surface area contributed by atoms with Crippen molar-refractivity contribution in [3.63, 3.8) is 0 Å².